The molecule has 2 aliphatic heterocycles. The molecule has 0 saturated carbocycles. The number of thioether (sulfide) groups is 2. The number of nitrogens with zero attached hydrogens (tertiary/aromatic N) is 4. The topological polar surface area (TPSA) is 451 Å². The number of hydrogen-bond donors (Lipinski definition) is 10. The maximum Gasteiger partial charge on any atom is 0.410 e. The van der Waals surface area contributed by atoms with Gasteiger partial charge in [0.2, 0.25) is 41.4 Å². The fraction of sp³-hybridized carbons (Fsp3) is 0.516. The van der Waals surface area contributed by atoms with Crippen LogP contribution < -0.4 is 62.6 Å². The Balaban J connectivity index is 0.846. The van der Waals surface area contributed by atoms with Gasteiger partial charge in [0.25, 0.3) is 23.6 Å². The molecule has 37 heteroatoms. The highest BCUT2D eigenvalue weighted by atomic mass is 32.2. The number of benzene rings is 5. The number of aliphatic hydroxyl groups is 1. The molecule has 710 valence electrons. The molecule has 130 heavy (non-hydrogen) atoms. The number of nitrogens with one attached hydrogen (secondary N) is 8. The fourth-order valence-electron chi connectivity index (χ4n) is 15.2. The number of nitrogens with two attached hydrogens (primary N) is 1. The van der Waals surface area contributed by atoms with Crippen LogP contribution in [0.1, 0.15) is 146 Å². The summed E-state index contributed by atoms with van der Waals surface area (Å²) in [5, 5.41) is 32.7. The van der Waals surface area contributed by atoms with E-state index in [1.807, 2.05) is 32.0 Å². The number of aliphatic hydroxyl groups excluding tert-OH is 1. The Morgan fingerprint density at radius 2 is 1.19 bits per heavy atom. The molecule has 5 aromatic carbocycles. The molecular weight excluding hydrogens is 1720 g/mol. The maximum atomic E-state index is 14.9. The molecule has 7 rings (SSSR count). The van der Waals surface area contributed by atoms with Gasteiger partial charge in [-0.2, -0.15) is 0 Å². The number of amides is 14. The van der Waals surface area contributed by atoms with E-state index in [1.54, 1.807) is 169 Å². The van der Waals surface area contributed by atoms with Gasteiger partial charge in [-0.15, -0.1) is 0 Å². The van der Waals surface area contributed by atoms with E-state index in [0.29, 0.717) is 69.3 Å². The van der Waals surface area contributed by atoms with Gasteiger partial charge in [0.05, 0.1) is 104 Å². The molecule has 1 fully saturated rings. The lowest BCUT2D eigenvalue weighted by Crippen LogP contribution is -2.60. The molecule has 11 N–H and O–H groups in total. The van der Waals surface area contributed by atoms with E-state index in [0.717, 1.165) is 33.3 Å². The summed E-state index contributed by atoms with van der Waals surface area (Å²) < 4.78 is 46.3. The molecule has 1 saturated heterocycles. The van der Waals surface area contributed by atoms with Gasteiger partial charge < -0.3 is 101 Å². The number of methoxy groups -OCH3 is 3. The van der Waals surface area contributed by atoms with Crippen LogP contribution in [0.4, 0.5) is 21.0 Å². The number of ether oxygens (including phenoxy) is 8. The molecule has 5 aromatic rings. The molecule has 0 spiro atoms. The highest BCUT2D eigenvalue weighted by Gasteiger charge is 2.46. The molecule has 2 aliphatic rings. The summed E-state index contributed by atoms with van der Waals surface area (Å²) in [5.74, 6) is -7.01. The summed E-state index contributed by atoms with van der Waals surface area (Å²) in [6, 6.07) is 26.2. The van der Waals surface area contributed by atoms with E-state index in [9.17, 15) is 67.4 Å². The van der Waals surface area contributed by atoms with Gasteiger partial charge in [0.15, 0.2) is 11.5 Å². The van der Waals surface area contributed by atoms with Crippen molar-refractivity contribution in [1.82, 2.24) is 51.9 Å². The van der Waals surface area contributed by atoms with Gasteiger partial charge >= 0.3 is 12.1 Å². The van der Waals surface area contributed by atoms with Crippen molar-refractivity contribution in [2.45, 2.75) is 185 Å². The van der Waals surface area contributed by atoms with Gasteiger partial charge in [0.1, 0.15) is 44.0 Å². The number of likely N-dealkylation sites (tertiary alicyclic amines) is 1. The zero-order valence-electron chi connectivity index (χ0n) is 77.2. The zero-order valence-corrected chi connectivity index (χ0v) is 78.9. The van der Waals surface area contributed by atoms with Crippen molar-refractivity contribution in [3.8, 4) is 11.5 Å². The van der Waals surface area contributed by atoms with E-state index in [2.05, 4.69) is 42.5 Å². The first kappa shape index (κ1) is 106. The van der Waals surface area contributed by atoms with Crippen molar-refractivity contribution < 1.29 is 105 Å². The number of carbonyl (C=O) groups excluding carboxylic acids is 13. The molecule has 0 bridgehead atoms. The van der Waals surface area contributed by atoms with Crippen LogP contribution in [0.2, 0.25) is 0 Å². The molecule has 0 aliphatic carbocycles. The number of imide groups is 1. The van der Waals surface area contributed by atoms with Gasteiger partial charge in [0, 0.05) is 88.2 Å². The summed E-state index contributed by atoms with van der Waals surface area (Å²) in [7, 11) is 10.5. The largest absolute Gasteiger partial charge is 0.493 e. The standard InChI is InChI=1S/C93H129N13O22S2/c1-18-57(8)78(72(122-16)51-74(108)105-43-23-27-69(105)80(123-17)58(9)83(110)98-59(10)79(109)61-24-20-19-21-25-61)103(13)89(116)76(55(4)5)102-88(115)77(56(6)7)104(14)93(120)128-52-60-28-34-64(35-29-60)99-86(113)68(26-22-42-97-92(94)119)100-87(114)75(54(2)3)101-73(107)53-126-47-46-124-44-45-125-48-49-127-70-41-36-65(50-71(70)121-15)106-90(117)81(129-66-37-30-62(31-38-66)84(111)95-11)82(91(106)118)130-67-39-32-63(33-40-67)85(112)96-12/h19-21,24-25,28-41,50,54-59,68-69,72,75-80,109H,18,22-23,26-27,42-49,51-53H2,1-17H3,(H,95,111)(H,96,112)(H,98,110)(H,99,113)(H,100,114)(H,101,107)(H,102,115)(H3,94,97,119)/t57?,58-,59-,68+,69+,72-,75+,76+,77+,78+,79-,80-/m1/s1. The fourth-order valence-corrected chi connectivity index (χ4v) is 17.1. The molecule has 0 aromatic heterocycles. The number of carbonyl (C=O) groups is 13. The Labute approximate surface area is 769 Å². The van der Waals surface area contributed by atoms with Crippen LogP contribution in [0.5, 0.6) is 11.5 Å². The smallest absolute Gasteiger partial charge is 0.410 e. The molecular formula is C93H129N13O22S2. The first-order chi connectivity index (χ1) is 62.0. The van der Waals surface area contributed by atoms with E-state index in [4.69, 9.17) is 43.6 Å². The molecule has 1 unspecified atom stereocenters. The Hall–Kier alpha value is -11.2. The molecule has 35 nitrogen and oxygen atoms in total. The first-order valence-electron chi connectivity index (χ1n) is 43.6. The number of urea groups is 1. The summed E-state index contributed by atoms with van der Waals surface area (Å²) >= 11 is 2.16. The van der Waals surface area contributed by atoms with Crippen molar-refractivity contribution in [2.24, 2.45) is 35.3 Å². The minimum Gasteiger partial charge on any atom is -0.493 e. The Morgan fingerprint density at radius 3 is 1.72 bits per heavy atom. The van der Waals surface area contributed by atoms with Gasteiger partial charge in [-0.1, -0.05) is 135 Å². The van der Waals surface area contributed by atoms with Crippen molar-refractivity contribution in [3.63, 3.8) is 0 Å². The Bertz CT molecular complexity index is 4580. The van der Waals surface area contributed by atoms with E-state index < -0.39 is 144 Å². The lowest BCUT2D eigenvalue weighted by molar-refractivity contribution is -0.148. The quantitative estimate of drug-likeness (QED) is 0.0130. The third-order valence-corrected chi connectivity index (χ3v) is 24.8. The minimum absolute atomic E-state index is 0.00896. The molecule has 0 radical (unpaired) electrons. The summed E-state index contributed by atoms with van der Waals surface area (Å²) in [5.41, 5.74) is 7.81. The molecule has 12 atom stereocenters. The van der Waals surface area contributed by atoms with Gasteiger partial charge in [-0.3, -0.25) is 57.6 Å². The van der Waals surface area contributed by atoms with Crippen LogP contribution in [0.25, 0.3) is 0 Å². The number of likely N-dealkylation sites (N-methyl/N-ethyl adjacent to an activating group) is 2. The number of rotatable bonds is 52. The van der Waals surface area contributed by atoms with Crippen LogP contribution in [-0.2, 0) is 78.2 Å². The highest BCUT2D eigenvalue weighted by molar-refractivity contribution is 8.08. The second-order valence-electron chi connectivity index (χ2n) is 32.8. The normalized spacial score (nSPS) is 15.8. The van der Waals surface area contributed by atoms with Crippen molar-refractivity contribution in [3.05, 3.63) is 153 Å². The Kier molecular flexibility index (Phi) is 42.8. The molecule has 2 heterocycles. The zero-order chi connectivity index (χ0) is 95.6. The highest BCUT2D eigenvalue weighted by Crippen LogP contribution is 2.46. The van der Waals surface area contributed by atoms with E-state index in [1.165, 1.54) is 48.5 Å². The van der Waals surface area contributed by atoms with E-state index in [-0.39, 0.29) is 123 Å². The Morgan fingerprint density at radius 1 is 0.615 bits per heavy atom. The number of hydrogen-bond acceptors (Lipinski definition) is 24. The second-order valence-corrected chi connectivity index (χ2v) is 34.9. The van der Waals surface area contributed by atoms with Gasteiger partial charge in [-0.05, 0) is 140 Å². The third-order valence-electron chi connectivity index (χ3n) is 22.5. The third kappa shape index (κ3) is 30.2. The van der Waals surface area contributed by atoms with Crippen LogP contribution in [0.3, 0.4) is 0 Å². The lowest BCUT2D eigenvalue weighted by Gasteiger charge is -2.41. The van der Waals surface area contributed by atoms with Crippen LogP contribution >= 0.6 is 23.5 Å². The summed E-state index contributed by atoms with van der Waals surface area (Å²) in [4.78, 5) is 184. The van der Waals surface area contributed by atoms with Crippen molar-refractivity contribution in [1.29, 1.82) is 0 Å². The SMILES string of the molecule is CCC(C)[C@@H]([C@@H](CC(=O)N1CCC[C@H]1[C@H](OC)[C@@H](C)C(=O)N[C@H](C)[C@@H](O)c1ccccc1)OC)N(C)C(=O)[C@@H](NC(=O)[C@H](C(C)C)N(C)C(=O)OCc1ccc(NC(=O)[C@H](CCCNC(N)=O)NC(=O)[C@@H](NC(=O)COCCOCCOCCOc2ccc(N3C(=O)C(Sc4ccc(C(=O)NC)cc4)=C(Sc4ccc(C(=O)NC)cc4)C3=O)cc2OC)C(C)C)cc1)C(C)C. The number of anilines is 2. The summed E-state index contributed by atoms with van der Waals surface area (Å²) in [6.45, 7) is 18.4. The average Bonchev–Trinajstić information content (AvgIpc) is 1.61. The second kappa shape index (κ2) is 52.6. The monoisotopic (exact) mass is 1840 g/mol. The van der Waals surface area contributed by atoms with Crippen LogP contribution in [0.15, 0.2) is 141 Å². The lowest BCUT2D eigenvalue weighted by atomic mass is 9.89. The summed E-state index contributed by atoms with van der Waals surface area (Å²) in [6.07, 6.45) is -1.28. The average molecular weight is 1850 g/mol. The van der Waals surface area contributed by atoms with Crippen LogP contribution in [0, 0.1) is 29.6 Å². The van der Waals surface area contributed by atoms with Crippen molar-refractivity contribution in [2.75, 3.05) is 119 Å². The number of primary amides is 1. The maximum absolute atomic E-state index is 14.9. The predicted molar refractivity (Wildman–Crippen MR) is 491 cm³/mol. The van der Waals surface area contributed by atoms with E-state index >= 15 is 0 Å². The predicted octanol–water partition coefficient (Wildman–Crippen LogP) is 8.12. The van der Waals surface area contributed by atoms with Crippen molar-refractivity contribution >= 4 is 112 Å². The van der Waals surface area contributed by atoms with Crippen LogP contribution in [-0.4, -0.2) is 260 Å². The first-order valence-corrected chi connectivity index (χ1v) is 45.2. The molecule has 14 amide bonds. The minimum atomic E-state index is -1.18. The van der Waals surface area contributed by atoms with Gasteiger partial charge in [-0.25, -0.2) is 14.5 Å².